The van der Waals surface area contributed by atoms with Gasteiger partial charge in [0, 0.05) is 11.1 Å². The van der Waals surface area contributed by atoms with Gasteiger partial charge in [-0.2, -0.15) is 11.8 Å². The van der Waals surface area contributed by atoms with Gasteiger partial charge in [-0.1, -0.05) is 24.1 Å². The molecule has 0 aliphatic heterocycles. The van der Waals surface area contributed by atoms with Gasteiger partial charge in [0.15, 0.2) is 0 Å². The van der Waals surface area contributed by atoms with Crippen LogP contribution in [0, 0.1) is 0 Å². The number of benzene rings is 1. The van der Waals surface area contributed by atoms with Gasteiger partial charge >= 0.3 is 0 Å². The quantitative estimate of drug-likeness (QED) is 0.742. The van der Waals surface area contributed by atoms with Gasteiger partial charge in [-0.3, -0.25) is 0 Å². The average molecular weight is 284 g/mol. The predicted molar refractivity (Wildman–Crippen MR) is 82.7 cm³/mol. The average Bonchev–Trinajstić information content (AvgIpc) is 2.76. The monoisotopic (exact) mass is 283 g/mol. The molecular weight excluding hydrogens is 262 g/mol. The molecule has 3 heteroatoms. The molecule has 100 valence electrons. The van der Waals surface area contributed by atoms with Crippen LogP contribution in [0.5, 0.6) is 0 Å². The van der Waals surface area contributed by atoms with Crippen molar-refractivity contribution in [3.63, 3.8) is 0 Å². The first-order chi connectivity index (χ1) is 8.81. The Kier molecular flexibility index (Phi) is 5.87. The summed E-state index contributed by atoms with van der Waals surface area (Å²) >= 11 is 7.97. The van der Waals surface area contributed by atoms with E-state index in [9.17, 15) is 0 Å². The Morgan fingerprint density at radius 2 is 2.22 bits per heavy atom. The SMILES string of the molecule is CSCCCCCNC1CCc2cc(Cl)ccc21. The number of fused-ring (bicyclic) bond motifs is 1. The minimum absolute atomic E-state index is 0.554. The Bertz CT molecular complexity index is 381. The molecule has 1 unspecified atom stereocenters. The number of rotatable bonds is 7. The summed E-state index contributed by atoms with van der Waals surface area (Å²) in [6.45, 7) is 1.14. The highest BCUT2D eigenvalue weighted by Crippen LogP contribution is 2.32. The van der Waals surface area contributed by atoms with E-state index in [1.54, 1.807) is 0 Å². The first-order valence-electron chi connectivity index (χ1n) is 6.82. The number of hydrogen-bond donors (Lipinski definition) is 1. The normalized spacial score (nSPS) is 18.0. The molecule has 0 saturated heterocycles. The van der Waals surface area contributed by atoms with Crippen molar-refractivity contribution >= 4 is 23.4 Å². The largest absolute Gasteiger partial charge is 0.310 e. The Hall–Kier alpha value is -0.180. The molecule has 0 heterocycles. The standard InChI is InChI=1S/C15H22ClNS/c1-18-10-4-2-3-9-17-15-8-5-12-11-13(16)6-7-14(12)15/h6-7,11,15,17H,2-5,8-10H2,1H3. The summed E-state index contributed by atoms with van der Waals surface area (Å²) in [5.74, 6) is 1.30. The maximum Gasteiger partial charge on any atom is 0.0408 e. The lowest BCUT2D eigenvalue weighted by molar-refractivity contribution is 0.511. The zero-order chi connectivity index (χ0) is 12.8. The zero-order valence-electron chi connectivity index (χ0n) is 11.0. The third-order valence-electron chi connectivity index (χ3n) is 3.60. The molecule has 1 atom stereocenters. The Labute approximate surface area is 120 Å². The molecule has 0 amide bonds. The van der Waals surface area contributed by atoms with Crippen molar-refractivity contribution in [3.05, 3.63) is 34.3 Å². The minimum Gasteiger partial charge on any atom is -0.310 e. The fraction of sp³-hybridized carbons (Fsp3) is 0.600. The molecule has 1 aliphatic rings. The highest BCUT2D eigenvalue weighted by atomic mass is 35.5. The lowest BCUT2D eigenvalue weighted by Crippen LogP contribution is -2.20. The summed E-state index contributed by atoms with van der Waals surface area (Å²) in [5.41, 5.74) is 2.89. The van der Waals surface area contributed by atoms with Crippen LogP contribution in [0.15, 0.2) is 18.2 Å². The van der Waals surface area contributed by atoms with E-state index in [0.717, 1.165) is 11.6 Å². The number of aryl methyl sites for hydroxylation is 1. The van der Waals surface area contributed by atoms with Gasteiger partial charge < -0.3 is 5.32 Å². The molecule has 18 heavy (non-hydrogen) atoms. The van der Waals surface area contributed by atoms with E-state index >= 15 is 0 Å². The van der Waals surface area contributed by atoms with Crippen molar-refractivity contribution in [2.45, 2.75) is 38.1 Å². The number of nitrogens with one attached hydrogen (secondary N) is 1. The highest BCUT2D eigenvalue weighted by molar-refractivity contribution is 7.98. The van der Waals surface area contributed by atoms with Crippen LogP contribution >= 0.6 is 23.4 Å². The first kappa shape index (κ1) is 14.2. The molecular formula is C15H22ClNS. The molecule has 0 spiro atoms. The third kappa shape index (κ3) is 3.91. The van der Waals surface area contributed by atoms with Crippen LogP contribution in [0.3, 0.4) is 0 Å². The molecule has 1 aliphatic carbocycles. The highest BCUT2D eigenvalue weighted by Gasteiger charge is 2.21. The van der Waals surface area contributed by atoms with Gasteiger partial charge in [-0.25, -0.2) is 0 Å². The fourth-order valence-electron chi connectivity index (χ4n) is 2.62. The summed E-state index contributed by atoms with van der Waals surface area (Å²) in [6, 6.07) is 6.88. The van der Waals surface area contributed by atoms with Gasteiger partial charge in [-0.05, 0) is 67.5 Å². The van der Waals surface area contributed by atoms with E-state index < -0.39 is 0 Å². The topological polar surface area (TPSA) is 12.0 Å². The van der Waals surface area contributed by atoms with Crippen LogP contribution in [0.1, 0.15) is 42.9 Å². The second-order valence-electron chi connectivity index (χ2n) is 4.94. The van der Waals surface area contributed by atoms with Gasteiger partial charge in [0.1, 0.15) is 0 Å². The Morgan fingerprint density at radius 1 is 1.33 bits per heavy atom. The van der Waals surface area contributed by atoms with Gasteiger partial charge in [-0.15, -0.1) is 0 Å². The van der Waals surface area contributed by atoms with E-state index in [1.165, 1.54) is 49.0 Å². The van der Waals surface area contributed by atoms with Crippen molar-refractivity contribution in [1.82, 2.24) is 5.32 Å². The van der Waals surface area contributed by atoms with Crippen molar-refractivity contribution in [1.29, 1.82) is 0 Å². The van der Waals surface area contributed by atoms with Crippen LogP contribution < -0.4 is 5.32 Å². The third-order valence-corrected chi connectivity index (χ3v) is 4.53. The summed E-state index contributed by atoms with van der Waals surface area (Å²) in [4.78, 5) is 0. The molecule has 1 N–H and O–H groups in total. The lowest BCUT2D eigenvalue weighted by Gasteiger charge is -2.14. The van der Waals surface area contributed by atoms with Crippen LogP contribution in [0.2, 0.25) is 5.02 Å². The van der Waals surface area contributed by atoms with E-state index in [1.807, 2.05) is 17.8 Å². The molecule has 2 rings (SSSR count). The van der Waals surface area contributed by atoms with E-state index in [2.05, 4.69) is 23.7 Å². The summed E-state index contributed by atoms with van der Waals surface area (Å²) in [7, 11) is 0. The van der Waals surface area contributed by atoms with Crippen LogP contribution in [-0.4, -0.2) is 18.6 Å². The number of hydrogen-bond acceptors (Lipinski definition) is 2. The number of halogens is 1. The first-order valence-corrected chi connectivity index (χ1v) is 8.59. The van der Waals surface area contributed by atoms with Crippen molar-refractivity contribution < 1.29 is 0 Å². The molecule has 1 aromatic carbocycles. The predicted octanol–water partition coefficient (Wildman–Crippen LogP) is 4.45. The molecule has 0 aromatic heterocycles. The van der Waals surface area contributed by atoms with E-state index in [4.69, 9.17) is 11.6 Å². The van der Waals surface area contributed by atoms with Crippen LogP contribution in [-0.2, 0) is 6.42 Å². The van der Waals surface area contributed by atoms with Gasteiger partial charge in [0.2, 0.25) is 0 Å². The van der Waals surface area contributed by atoms with E-state index in [-0.39, 0.29) is 0 Å². The summed E-state index contributed by atoms with van der Waals surface area (Å²) in [6.07, 6.45) is 8.55. The Balaban J connectivity index is 1.73. The van der Waals surface area contributed by atoms with Crippen molar-refractivity contribution in [2.24, 2.45) is 0 Å². The summed E-state index contributed by atoms with van der Waals surface area (Å²) in [5, 5.41) is 4.55. The van der Waals surface area contributed by atoms with Crippen LogP contribution in [0.4, 0.5) is 0 Å². The molecule has 1 nitrogen and oxygen atoms in total. The van der Waals surface area contributed by atoms with Crippen molar-refractivity contribution in [2.75, 3.05) is 18.6 Å². The fourth-order valence-corrected chi connectivity index (χ4v) is 3.31. The van der Waals surface area contributed by atoms with E-state index in [0.29, 0.717) is 6.04 Å². The maximum atomic E-state index is 6.02. The maximum absolute atomic E-state index is 6.02. The van der Waals surface area contributed by atoms with Crippen molar-refractivity contribution in [3.8, 4) is 0 Å². The number of thioether (sulfide) groups is 1. The molecule has 0 radical (unpaired) electrons. The lowest BCUT2D eigenvalue weighted by atomic mass is 10.1. The zero-order valence-corrected chi connectivity index (χ0v) is 12.6. The second kappa shape index (κ2) is 7.42. The number of unbranched alkanes of at least 4 members (excludes halogenated alkanes) is 2. The molecule has 0 saturated carbocycles. The Morgan fingerprint density at radius 3 is 3.06 bits per heavy atom. The van der Waals surface area contributed by atoms with Gasteiger partial charge in [0.05, 0.1) is 0 Å². The smallest absolute Gasteiger partial charge is 0.0408 e. The molecule has 0 fully saturated rings. The van der Waals surface area contributed by atoms with Crippen LogP contribution in [0.25, 0.3) is 0 Å². The van der Waals surface area contributed by atoms with Gasteiger partial charge in [0.25, 0.3) is 0 Å². The minimum atomic E-state index is 0.554. The second-order valence-corrected chi connectivity index (χ2v) is 6.36. The molecule has 0 bridgehead atoms. The molecule has 1 aromatic rings. The summed E-state index contributed by atoms with van der Waals surface area (Å²) < 4.78 is 0.